The van der Waals surface area contributed by atoms with Crippen LogP contribution in [0.15, 0.2) is 17.0 Å². The molecule has 0 radical (unpaired) electrons. The molecule has 0 unspecified atom stereocenters. The molecule has 0 saturated heterocycles. The molecular formula is C11H16Cl2N2O5S2. The van der Waals surface area contributed by atoms with E-state index in [1.165, 1.54) is 19.2 Å². The van der Waals surface area contributed by atoms with E-state index in [2.05, 4.69) is 0 Å². The summed E-state index contributed by atoms with van der Waals surface area (Å²) < 4.78 is 55.6. The molecule has 0 saturated carbocycles. The number of hydrogen-bond donors (Lipinski definition) is 2. The molecule has 11 heteroatoms. The number of nitrogen functional groups attached to an aromatic ring is 1. The van der Waals surface area contributed by atoms with E-state index in [4.69, 9.17) is 33.5 Å². The summed E-state index contributed by atoms with van der Waals surface area (Å²) in [5.41, 5.74) is 5.71. The predicted molar refractivity (Wildman–Crippen MR) is 86.3 cm³/mol. The molecule has 0 aliphatic carbocycles. The molecule has 0 spiro atoms. The standard InChI is InChI=1S/C11H16Cl2N2O5S2/c1-15(4-2-3-5-21(16,17)18)22(19,20)11-7-8(12)10(14)6-9(11)13/h6-7H,2-5,14H2,1H3,(H,16,17,18). The summed E-state index contributed by atoms with van der Waals surface area (Å²) in [6, 6.07) is 2.42. The zero-order chi connectivity index (χ0) is 17.1. The third kappa shape index (κ3) is 5.25. The van der Waals surface area contributed by atoms with E-state index in [9.17, 15) is 16.8 Å². The third-order valence-electron chi connectivity index (χ3n) is 2.86. The monoisotopic (exact) mass is 390 g/mol. The number of hydrogen-bond acceptors (Lipinski definition) is 5. The Morgan fingerprint density at radius 2 is 1.73 bits per heavy atom. The van der Waals surface area contributed by atoms with Crippen LogP contribution < -0.4 is 5.73 Å². The van der Waals surface area contributed by atoms with Gasteiger partial charge in [0.1, 0.15) is 4.90 Å². The van der Waals surface area contributed by atoms with Crippen molar-refractivity contribution < 1.29 is 21.4 Å². The molecule has 0 amide bonds. The number of sulfonamides is 1. The van der Waals surface area contributed by atoms with Crippen LogP contribution in [0.25, 0.3) is 0 Å². The Balaban J connectivity index is 2.84. The second kappa shape index (κ2) is 7.33. The van der Waals surface area contributed by atoms with Gasteiger partial charge in [0, 0.05) is 13.6 Å². The lowest BCUT2D eigenvalue weighted by Gasteiger charge is -2.18. The normalized spacial score (nSPS) is 12.8. The van der Waals surface area contributed by atoms with Gasteiger partial charge in [0.2, 0.25) is 10.0 Å². The Morgan fingerprint density at radius 1 is 1.14 bits per heavy atom. The minimum atomic E-state index is -4.05. The van der Waals surface area contributed by atoms with Crippen LogP contribution in [-0.2, 0) is 20.1 Å². The van der Waals surface area contributed by atoms with E-state index in [0.717, 1.165) is 4.31 Å². The third-order valence-corrected chi connectivity index (χ3v) is 6.32. The highest BCUT2D eigenvalue weighted by Gasteiger charge is 2.24. The van der Waals surface area contributed by atoms with Gasteiger partial charge >= 0.3 is 0 Å². The van der Waals surface area contributed by atoms with Crippen LogP contribution in [0.5, 0.6) is 0 Å². The summed E-state index contributed by atoms with van der Waals surface area (Å²) in [6.45, 7) is 0.0657. The second-order valence-electron chi connectivity index (χ2n) is 4.62. The number of benzene rings is 1. The topological polar surface area (TPSA) is 118 Å². The van der Waals surface area contributed by atoms with Crippen LogP contribution in [0.2, 0.25) is 10.0 Å². The zero-order valence-electron chi connectivity index (χ0n) is 11.7. The Morgan fingerprint density at radius 3 is 2.27 bits per heavy atom. The summed E-state index contributed by atoms with van der Waals surface area (Å²) >= 11 is 11.7. The maximum absolute atomic E-state index is 12.4. The van der Waals surface area contributed by atoms with E-state index in [1.807, 2.05) is 0 Å². The smallest absolute Gasteiger partial charge is 0.264 e. The van der Waals surface area contributed by atoms with Gasteiger partial charge < -0.3 is 5.73 Å². The first kappa shape index (κ1) is 19.5. The average Bonchev–Trinajstić information content (AvgIpc) is 2.37. The number of nitrogens with two attached hydrogens (primary N) is 1. The fourth-order valence-electron chi connectivity index (χ4n) is 1.65. The summed E-state index contributed by atoms with van der Waals surface area (Å²) in [5.74, 6) is -0.421. The van der Waals surface area contributed by atoms with Crippen molar-refractivity contribution in [3.8, 4) is 0 Å². The Hall–Kier alpha value is -0.580. The lowest BCUT2D eigenvalue weighted by atomic mass is 10.3. The van der Waals surface area contributed by atoms with Crippen molar-refractivity contribution in [2.75, 3.05) is 25.1 Å². The number of nitrogens with zero attached hydrogens (tertiary/aromatic N) is 1. The minimum absolute atomic E-state index is 0.0494. The number of halogens is 2. The molecule has 0 aliphatic rings. The molecule has 0 fully saturated rings. The van der Waals surface area contributed by atoms with Crippen LogP contribution in [0.4, 0.5) is 5.69 Å². The second-order valence-corrected chi connectivity index (χ2v) is 9.02. The number of unbranched alkanes of at least 4 members (excludes halogenated alkanes) is 1. The highest BCUT2D eigenvalue weighted by atomic mass is 35.5. The average molecular weight is 391 g/mol. The molecule has 126 valence electrons. The van der Waals surface area contributed by atoms with Gasteiger partial charge in [-0.25, -0.2) is 12.7 Å². The van der Waals surface area contributed by atoms with Crippen molar-refractivity contribution in [3.63, 3.8) is 0 Å². The minimum Gasteiger partial charge on any atom is -0.397 e. The molecule has 22 heavy (non-hydrogen) atoms. The van der Waals surface area contributed by atoms with Gasteiger partial charge in [-0.15, -0.1) is 0 Å². The SMILES string of the molecule is CN(CCCCS(=O)(=O)O)S(=O)(=O)c1cc(Cl)c(N)cc1Cl. The molecule has 0 heterocycles. The van der Waals surface area contributed by atoms with Crippen molar-refractivity contribution in [2.45, 2.75) is 17.7 Å². The van der Waals surface area contributed by atoms with Crippen molar-refractivity contribution in [2.24, 2.45) is 0 Å². The molecule has 1 aromatic rings. The van der Waals surface area contributed by atoms with Crippen LogP contribution in [0.3, 0.4) is 0 Å². The van der Waals surface area contributed by atoms with Crippen molar-refractivity contribution in [1.82, 2.24) is 4.31 Å². The van der Waals surface area contributed by atoms with Gasteiger partial charge in [0.15, 0.2) is 0 Å². The van der Waals surface area contributed by atoms with Gasteiger partial charge in [0.05, 0.1) is 21.5 Å². The first-order valence-electron chi connectivity index (χ1n) is 6.11. The Kier molecular flexibility index (Phi) is 6.48. The zero-order valence-corrected chi connectivity index (χ0v) is 14.8. The molecule has 0 aliphatic heterocycles. The maximum atomic E-state index is 12.4. The first-order valence-corrected chi connectivity index (χ1v) is 9.91. The molecule has 1 rings (SSSR count). The summed E-state index contributed by atoms with van der Waals surface area (Å²) in [7, 11) is -6.59. The van der Waals surface area contributed by atoms with Crippen LogP contribution in [0, 0.1) is 0 Å². The Bertz CT molecular complexity index is 750. The predicted octanol–water partition coefficient (Wildman–Crippen LogP) is 1.86. The van der Waals surface area contributed by atoms with Crippen LogP contribution >= 0.6 is 23.2 Å². The summed E-state index contributed by atoms with van der Waals surface area (Å²) in [4.78, 5) is -0.175. The molecule has 3 N–H and O–H groups in total. The van der Waals surface area contributed by atoms with Crippen LogP contribution in [-0.4, -0.2) is 45.0 Å². The highest BCUT2D eigenvalue weighted by molar-refractivity contribution is 7.89. The lowest BCUT2D eigenvalue weighted by Crippen LogP contribution is -2.28. The van der Waals surface area contributed by atoms with E-state index >= 15 is 0 Å². The maximum Gasteiger partial charge on any atom is 0.264 e. The van der Waals surface area contributed by atoms with Gasteiger partial charge in [0.25, 0.3) is 10.1 Å². The highest BCUT2D eigenvalue weighted by Crippen LogP contribution is 2.31. The number of anilines is 1. The summed E-state index contributed by atoms with van der Waals surface area (Å²) in [6.07, 6.45) is 0.394. The molecule has 0 bridgehead atoms. The van der Waals surface area contributed by atoms with Gasteiger partial charge in [-0.1, -0.05) is 23.2 Å². The van der Waals surface area contributed by atoms with E-state index in [1.54, 1.807) is 0 Å². The molecule has 7 nitrogen and oxygen atoms in total. The van der Waals surface area contributed by atoms with Crippen molar-refractivity contribution in [3.05, 3.63) is 22.2 Å². The molecule has 1 aromatic carbocycles. The quantitative estimate of drug-likeness (QED) is 0.416. The van der Waals surface area contributed by atoms with Gasteiger partial charge in [-0.3, -0.25) is 4.55 Å². The fraction of sp³-hybridized carbons (Fsp3) is 0.455. The fourth-order valence-corrected chi connectivity index (χ4v) is 4.19. The first-order chi connectivity index (χ1) is 9.95. The van der Waals surface area contributed by atoms with Crippen molar-refractivity contribution >= 4 is 49.0 Å². The molecule has 0 aromatic heterocycles. The van der Waals surface area contributed by atoms with E-state index in [0.29, 0.717) is 0 Å². The summed E-state index contributed by atoms with van der Waals surface area (Å²) in [5, 5.41) is 0.0226. The Labute approximate surface area is 139 Å². The number of rotatable bonds is 7. The largest absolute Gasteiger partial charge is 0.397 e. The van der Waals surface area contributed by atoms with Gasteiger partial charge in [-0.05, 0) is 25.0 Å². The van der Waals surface area contributed by atoms with E-state index in [-0.39, 0.29) is 40.0 Å². The van der Waals surface area contributed by atoms with E-state index < -0.39 is 25.9 Å². The molecule has 0 atom stereocenters. The van der Waals surface area contributed by atoms with Crippen LogP contribution in [0.1, 0.15) is 12.8 Å². The van der Waals surface area contributed by atoms with Crippen molar-refractivity contribution in [1.29, 1.82) is 0 Å². The lowest BCUT2D eigenvalue weighted by molar-refractivity contribution is 0.453. The van der Waals surface area contributed by atoms with Gasteiger partial charge in [-0.2, -0.15) is 8.42 Å². The molecular weight excluding hydrogens is 375 g/mol.